The van der Waals surface area contributed by atoms with Gasteiger partial charge in [-0.1, -0.05) is 18.2 Å². The van der Waals surface area contributed by atoms with Crippen LogP contribution < -0.4 is 0 Å². The summed E-state index contributed by atoms with van der Waals surface area (Å²) in [6.45, 7) is 0.480. The monoisotopic (exact) mass is 220 g/mol. The van der Waals surface area contributed by atoms with E-state index < -0.39 is 0 Å². The molecule has 4 aliphatic carbocycles. The zero-order chi connectivity index (χ0) is 11.2. The van der Waals surface area contributed by atoms with Crippen molar-refractivity contribution in [2.24, 2.45) is 23.2 Å². The van der Waals surface area contributed by atoms with Crippen molar-refractivity contribution >= 4 is 0 Å². The normalized spacial score (nSPS) is 45.4. The maximum absolute atomic E-state index is 9.81. The zero-order valence-electron chi connectivity index (χ0n) is 9.60. The van der Waals surface area contributed by atoms with Crippen LogP contribution in [-0.2, 0) is 0 Å². The molecule has 4 atom stereocenters. The molecule has 2 bridgehead atoms. The summed E-state index contributed by atoms with van der Waals surface area (Å²) < 4.78 is 0. The highest BCUT2D eigenvalue weighted by Gasteiger charge is 2.53. The van der Waals surface area contributed by atoms with E-state index in [4.69, 9.17) is 0 Å². The first kappa shape index (κ1) is 10.5. The molecule has 0 aromatic carbocycles. The minimum atomic E-state index is -0.000162. The van der Waals surface area contributed by atoms with E-state index in [2.05, 4.69) is 18.2 Å². The molecule has 0 aromatic heterocycles. The fourth-order valence-corrected chi connectivity index (χ4v) is 4.30. The molecule has 16 heavy (non-hydrogen) atoms. The van der Waals surface area contributed by atoms with Crippen LogP contribution in [-0.4, -0.2) is 23.4 Å². The summed E-state index contributed by atoms with van der Waals surface area (Å²) in [4.78, 5) is 0. The van der Waals surface area contributed by atoms with E-state index in [0.29, 0.717) is 17.8 Å². The summed E-state index contributed by atoms with van der Waals surface area (Å²) in [5, 5.41) is 19.2. The molecule has 0 radical (unpaired) electrons. The molecule has 2 nitrogen and oxygen atoms in total. The molecule has 0 heterocycles. The third-order valence-corrected chi connectivity index (χ3v) is 5.08. The average Bonchev–Trinajstić information content (AvgIpc) is 2.39. The number of rotatable bonds is 2. The SMILES string of the molecule is OCC1=CC2CCC1C1CCC=CC21CO. The Hall–Kier alpha value is -0.600. The van der Waals surface area contributed by atoms with Gasteiger partial charge in [0.1, 0.15) is 0 Å². The van der Waals surface area contributed by atoms with Crippen molar-refractivity contribution in [3.8, 4) is 0 Å². The highest BCUT2D eigenvalue weighted by atomic mass is 16.3. The van der Waals surface area contributed by atoms with E-state index in [-0.39, 0.29) is 18.6 Å². The van der Waals surface area contributed by atoms with Gasteiger partial charge in [0.2, 0.25) is 0 Å². The van der Waals surface area contributed by atoms with Gasteiger partial charge in [0.25, 0.3) is 0 Å². The lowest BCUT2D eigenvalue weighted by Gasteiger charge is -2.56. The second-order valence-corrected chi connectivity index (χ2v) is 5.55. The highest BCUT2D eigenvalue weighted by Crippen LogP contribution is 2.58. The molecule has 4 rings (SSSR count). The number of fused-ring (bicyclic) bond motifs is 1. The van der Waals surface area contributed by atoms with E-state index in [0.717, 1.165) is 6.42 Å². The number of allylic oxidation sites excluding steroid dienone is 2. The number of hydrogen-bond donors (Lipinski definition) is 2. The van der Waals surface area contributed by atoms with Gasteiger partial charge in [-0.3, -0.25) is 0 Å². The molecular formula is C14H20O2. The summed E-state index contributed by atoms with van der Waals surface area (Å²) in [6, 6.07) is 0. The summed E-state index contributed by atoms with van der Waals surface area (Å²) in [6.07, 6.45) is 11.4. The van der Waals surface area contributed by atoms with Gasteiger partial charge in [0.15, 0.2) is 0 Å². The van der Waals surface area contributed by atoms with Gasteiger partial charge < -0.3 is 10.2 Å². The van der Waals surface area contributed by atoms with Crippen LogP contribution in [0.4, 0.5) is 0 Å². The smallest absolute Gasteiger partial charge is 0.0644 e. The van der Waals surface area contributed by atoms with Crippen LogP contribution in [0.1, 0.15) is 25.7 Å². The van der Waals surface area contributed by atoms with Gasteiger partial charge in [-0.05, 0) is 49.0 Å². The lowest BCUT2D eigenvalue weighted by molar-refractivity contribution is -0.0192. The van der Waals surface area contributed by atoms with Crippen LogP contribution in [0.2, 0.25) is 0 Å². The molecule has 0 amide bonds. The van der Waals surface area contributed by atoms with Gasteiger partial charge in [-0.15, -0.1) is 0 Å². The van der Waals surface area contributed by atoms with Gasteiger partial charge in [0.05, 0.1) is 13.2 Å². The van der Waals surface area contributed by atoms with Gasteiger partial charge in [-0.2, -0.15) is 0 Å². The molecule has 0 spiro atoms. The van der Waals surface area contributed by atoms with Crippen molar-refractivity contribution in [1.29, 1.82) is 0 Å². The third kappa shape index (κ3) is 1.20. The molecule has 0 aliphatic heterocycles. The quantitative estimate of drug-likeness (QED) is 0.698. The number of aliphatic hydroxyl groups is 2. The highest BCUT2D eigenvalue weighted by molar-refractivity contribution is 5.28. The first-order valence-corrected chi connectivity index (χ1v) is 6.42. The predicted molar refractivity (Wildman–Crippen MR) is 62.8 cm³/mol. The lowest BCUT2D eigenvalue weighted by atomic mass is 9.49. The fraction of sp³-hybridized carbons (Fsp3) is 0.714. The maximum Gasteiger partial charge on any atom is 0.0644 e. The Morgan fingerprint density at radius 2 is 2.12 bits per heavy atom. The van der Waals surface area contributed by atoms with Crippen molar-refractivity contribution in [1.82, 2.24) is 0 Å². The van der Waals surface area contributed by atoms with Crippen LogP contribution in [0.25, 0.3) is 0 Å². The first-order chi connectivity index (χ1) is 7.81. The predicted octanol–water partition coefficient (Wildman–Crippen LogP) is 1.89. The molecule has 2 N–H and O–H groups in total. The van der Waals surface area contributed by atoms with E-state index >= 15 is 0 Å². The summed E-state index contributed by atoms with van der Waals surface area (Å²) in [5.74, 6) is 1.53. The molecule has 1 saturated carbocycles. The largest absolute Gasteiger partial charge is 0.395 e. The van der Waals surface area contributed by atoms with E-state index in [9.17, 15) is 10.2 Å². The topological polar surface area (TPSA) is 40.5 Å². The van der Waals surface area contributed by atoms with Crippen LogP contribution in [0, 0.1) is 23.2 Å². The Labute approximate surface area is 96.7 Å². The molecule has 88 valence electrons. The minimum absolute atomic E-state index is 0.000162. The van der Waals surface area contributed by atoms with E-state index in [1.54, 1.807) is 0 Å². The molecule has 2 heteroatoms. The summed E-state index contributed by atoms with van der Waals surface area (Å²) >= 11 is 0. The Bertz CT molecular complexity index is 345. The van der Waals surface area contributed by atoms with Gasteiger partial charge in [-0.25, -0.2) is 0 Å². The fourth-order valence-electron chi connectivity index (χ4n) is 4.30. The molecule has 4 unspecified atom stereocenters. The number of hydrogen-bond acceptors (Lipinski definition) is 2. The Morgan fingerprint density at radius 3 is 2.88 bits per heavy atom. The second-order valence-electron chi connectivity index (χ2n) is 5.55. The molecule has 0 saturated heterocycles. The Kier molecular flexibility index (Phi) is 2.45. The summed E-state index contributed by atoms with van der Waals surface area (Å²) in [7, 11) is 0. The van der Waals surface area contributed by atoms with Crippen LogP contribution in [0.15, 0.2) is 23.8 Å². The molecule has 1 fully saturated rings. The third-order valence-electron chi connectivity index (χ3n) is 5.08. The Morgan fingerprint density at radius 1 is 1.25 bits per heavy atom. The van der Waals surface area contributed by atoms with Crippen LogP contribution >= 0.6 is 0 Å². The first-order valence-electron chi connectivity index (χ1n) is 6.42. The van der Waals surface area contributed by atoms with Gasteiger partial charge in [0, 0.05) is 5.41 Å². The molecular weight excluding hydrogens is 200 g/mol. The van der Waals surface area contributed by atoms with Gasteiger partial charge >= 0.3 is 0 Å². The van der Waals surface area contributed by atoms with Crippen LogP contribution in [0.5, 0.6) is 0 Å². The van der Waals surface area contributed by atoms with E-state index in [1.807, 2.05) is 0 Å². The number of aliphatic hydroxyl groups excluding tert-OH is 2. The summed E-state index contributed by atoms with van der Waals surface area (Å²) in [5.41, 5.74) is 1.24. The zero-order valence-corrected chi connectivity index (χ0v) is 9.60. The van der Waals surface area contributed by atoms with Crippen molar-refractivity contribution in [3.63, 3.8) is 0 Å². The maximum atomic E-state index is 9.81. The second kappa shape index (κ2) is 3.71. The minimum Gasteiger partial charge on any atom is -0.395 e. The molecule has 0 aromatic rings. The van der Waals surface area contributed by atoms with Crippen molar-refractivity contribution in [2.75, 3.05) is 13.2 Å². The van der Waals surface area contributed by atoms with E-state index in [1.165, 1.54) is 24.8 Å². The van der Waals surface area contributed by atoms with Crippen molar-refractivity contribution in [3.05, 3.63) is 23.8 Å². The van der Waals surface area contributed by atoms with Crippen LogP contribution in [0.3, 0.4) is 0 Å². The van der Waals surface area contributed by atoms with Crippen molar-refractivity contribution < 1.29 is 10.2 Å². The average molecular weight is 220 g/mol. The van der Waals surface area contributed by atoms with Crippen molar-refractivity contribution in [2.45, 2.75) is 25.7 Å². The standard InChI is InChI=1S/C14H20O2/c15-8-10-7-11-4-5-12(10)13-3-1-2-6-14(11,13)9-16/h2,6-7,11-13,15-16H,1,3-5,8-9H2. The molecule has 4 aliphatic rings. The lowest BCUT2D eigenvalue weighted by Crippen LogP contribution is -2.51. The Balaban J connectivity index is 2.05.